The van der Waals surface area contributed by atoms with Crippen molar-refractivity contribution in [2.75, 3.05) is 33.9 Å². The van der Waals surface area contributed by atoms with Crippen LogP contribution in [0.2, 0.25) is 0 Å². The second-order valence-corrected chi connectivity index (χ2v) is 18.4. The van der Waals surface area contributed by atoms with E-state index < -0.39 is 95.8 Å². The van der Waals surface area contributed by atoms with E-state index in [1.54, 1.807) is 20.8 Å². The van der Waals surface area contributed by atoms with Crippen molar-refractivity contribution in [1.82, 2.24) is 15.2 Å². The zero-order valence-corrected chi connectivity index (χ0v) is 38.2. The maximum absolute atomic E-state index is 14.6. The lowest BCUT2D eigenvalue weighted by Crippen LogP contribution is -2.61. The zero-order valence-electron chi connectivity index (χ0n) is 38.2. The molecule has 4 aliphatic heterocycles. The topological polar surface area (TPSA) is 170 Å². The third-order valence-corrected chi connectivity index (χ3v) is 13.3. The van der Waals surface area contributed by atoms with Crippen LogP contribution < -0.4 is 5.32 Å². The van der Waals surface area contributed by atoms with Crippen LogP contribution in [0.5, 0.6) is 0 Å². The van der Waals surface area contributed by atoms with E-state index in [1.807, 2.05) is 96.2 Å². The number of ketones is 1. The van der Waals surface area contributed by atoms with Gasteiger partial charge in [-0.2, -0.15) is 0 Å². The van der Waals surface area contributed by atoms with Gasteiger partial charge in [0.1, 0.15) is 18.0 Å². The van der Waals surface area contributed by atoms with Crippen molar-refractivity contribution >= 4 is 40.8 Å². The molecule has 5 heterocycles. The summed E-state index contributed by atoms with van der Waals surface area (Å²) >= 11 is 0. The van der Waals surface area contributed by atoms with Gasteiger partial charge in [0.05, 0.1) is 67.3 Å². The highest BCUT2D eigenvalue weighted by atomic mass is 16.7. The number of carbonyl (C=O) groups is 4. The van der Waals surface area contributed by atoms with Gasteiger partial charge in [-0.15, -0.1) is 0 Å². The molecule has 15 atom stereocenters. The molecule has 1 unspecified atom stereocenters. The van der Waals surface area contributed by atoms with Crippen LogP contribution in [0.4, 0.5) is 4.79 Å². The van der Waals surface area contributed by atoms with Gasteiger partial charge in [0.15, 0.2) is 18.0 Å². The van der Waals surface area contributed by atoms with Crippen LogP contribution in [0.25, 0.3) is 17.0 Å². The van der Waals surface area contributed by atoms with Gasteiger partial charge in [0.2, 0.25) is 0 Å². The van der Waals surface area contributed by atoms with Gasteiger partial charge in [-0.05, 0) is 78.7 Å². The number of cyclic esters (lactones) is 1. The minimum Gasteiger partial charge on any atom is -0.458 e. The molecule has 1 aromatic carbocycles. The largest absolute Gasteiger partial charge is 0.458 e. The number of carbonyl (C=O) groups excluding carboxylic acids is 4. The number of hydrogen-bond acceptors (Lipinski definition) is 14. The van der Waals surface area contributed by atoms with Crippen molar-refractivity contribution < 1.29 is 57.1 Å². The smallest absolute Gasteiger partial charge is 0.408 e. The van der Waals surface area contributed by atoms with Crippen LogP contribution in [0.15, 0.2) is 42.6 Å². The molecule has 4 aliphatic rings. The number of nitrogens with one attached hydrogen (secondary N) is 1. The third-order valence-electron chi connectivity index (χ3n) is 13.3. The van der Waals surface area contributed by atoms with Crippen LogP contribution in [-0.4, -0.2) is 134 Å². The highest BCUT2D eigenvalue weighted by Crippen LogP contribution is 2.42. The van der Waals surface area contributed by atoms with Crippen molar-refractivity contribution in [2.24, 2.45) is 23.7 Å². The normalized spacial score (nSPS) is 38.6. The number of ether oxygens (including phenoxy) is 8. The summed E-state index contributed by atoms with van der Waals surface area (Å²) < 4.78 is 51.9. The Morgan fingerprint density at radius 1 is 1.05 bits per heavy atom. The lowest BCUT2D eigenvalue weighted by atomic mass is 9.73. The molecule has 2 bridgehead atoms. The summed E-state index contributed by atoms with van der Waals surface area (Å²) in [5.41, 5.74) is -0.748. The van der Waals surface area contributed by atoms with E-state index in [2.05, 4.69) is 16.4 Å². The first-order valence-corrected chi connectivity index (χ1v) is 22.1. The number of Topliss-reactive ketones (excluding diaryl/α,β-unsaturated/α-hetero) is 1. The SMILES string of the molecule is CC[C@H]1OC(=O)[C@H](C)[C@H]2OCC(OC/C=C/c3cnc4ccccc4c3)CO[C@](C)(C[C@@H](C)C(=O)[C@H](C)[C@@H]3NC(=O)O[C@]13C)[C@H](O[C@@H]1O[C@H](C)C[C@H](N(C)C)[C@H]1OC(C)=O)[C@@H]2C. The van der Waals surface area contributed by atoms with Crippen molar-refractivity contribution in [2.45, 2.75) is 148 Å². The molecule has 62 heavy (non-hydrogen) atoms. The Labute approximate surface area is 365 Å². The summed E-state index contributed by atoms with van der Waals surface area (Å²) in [5, 5.41) is 3.88. The van der Waals surface area contributed by atoms with E-state index in [4.69, 9.17) is 37.9 Å². The maximum atomic E-state index is 14.6. The number of esters is 2. The maximum Gasteiger partial charge on any atom is 0.408 e. The quantitative estimate of drug-likeness (QED) is 0.234. The Morgan fingerprint density at radius 3 is 2.50 bits per heavy atom. The number of rotatable bonds is 9. The average molecular weight is 866 g/mol. The lowest BCUT2D eigenvalue weighted by Gasteiger charge is -2.49. The molecule has 15 nitrogen and oxygen atoms in total. The molecule has 342 valence electrons. The van der Waals surface area contributed by atoms with Gasteiger partial charge in [0.25, 0.3) is 0 Å². The van der Waals surface area contributed by atoms with Crippen LogP contribution in [0.3, 0.4) is 0 Å². The number of fused-ring (bicyclic) bond motifs is 5. The van der Waals surface area contributed by atoms with E-state index in [0.717, 1.165) is 16.5 Å². The molecule has 0 spiro atoms. The minimum atomic E-state index is -1.33. The van der Waals surface area contributed by atoms with Crippen LogP contribution in [0, 0.1) is 23.7 Å². The standard InChI is InChI=1S/C47H67N3O12/c1-12-37-47(9)41(49-45(54)62-47)28(4)38(52)26(2)22-46(8)42(61-44-40(59-31(7)51)36(50(10)11)20-27(3)58-44)29(5)39(30(6)43(53)60-37)56-24-34(25-57-46)55-19-15-16-32-21-33-17-13-14-18-35(33)48-23-32/h13-18,21,23,26-30,34,36-37,39-42,44H,12,19-20,22,24-25H2,1-11H3,(H,49,54)/b16-15+/t26-,27-,28+,29-,30-,34?,36+,37-,39+,40-,41+,42-,44+,46-,47-/m1/s1. The molecule has 6 rings (SSSR count). The molecule has 1 aromatic heterocycles. The van der Waals surface area contributed by atoms with Crippen LogP contribution in [-0.2, 0) is 52.3 Å². The number of benzene rings is 1. The Bertz CT molecular complexity index is 1940. The van der Waals surface area contributed by atoms with Crippen molar-refractivity contribution in [3.8, 4) is 0 Å². The van der Waals surface area contributed by atoms with Gasteiger partial charge in [-0.1, -0.05) is 58.0 Å². The average Bonchev–Trinajstić information content (AvgIpc) is 3.56. The summed E-state index contributed by atoms with van der Waals surface area (Å²) in [6.45, 7) is 16.4. The molecule has 1 amide bonds. The van der Waals surface area contributed by atoms with E-state index in [1.165, 1.54) is 6.92 Å². The fraction of sp³-hybridized carbons (Fsp3) is 0.681. The Kier molecular flexibility index (Phi) is 15.2. The van der Waals surface area contributed by atoms with Crippen molar-refractivity contribution in [3.63, 3.8) is 0 Å². The lowest BCUT2D eigenvalue weighted by molar-refractivity contribution is -0.305. The molecule has 2 aromatic rings. The number of nitrogens with zero attached hydrogens (tertiary/aromatic N) is 2. The molecular formula is C47H67N3O12. The first-order valence-electron chi connectivity index (χ1n) is 22.1. The molecule has 0 radical (unpaired) electrons. The summed E-state index contributed by atoms with van der Waals surface area (Å²) in [7, 11) is 3.84. The summed E-state index contributed by atoms with van der Waals surface area (Å²) in [4.78, 5) is 61.2. The fourth-order valence-corrected chi connectivity index (χ4v) is 10.1. The highest BCUT2D eigenvalue weighted by Gasteiger charge is 2.58. The van der Waals surface area contributed by atoms with E-state index in [-0.39, 0.29) is 44.2 Å². The molecule has 1 N–H and O–H groups in total. The second-order valence-electron chi connectivity index (χ2n) is 18.4. The predicted octanol–water partition coefficient (Wildman–Crippen LogP) is 5.90. The number of hydrogen-bond donors (Lipinski definition) is 1. The minimum absolute atomic E-state index is 0.0502. The summed E-state index contributed by atoms with van der Waals surface area (Å²) in [5.74, 6) is -4.03. The second kappa shape index (κ2) is 19.8. The van der Waals surface area contributed by atoms with Crippen LogP contribution >= 0.6 is 0 Å². The number of likely N-dealkylation sites (N-methyl/N-ethyl adjacent to an activating group) is 1. The number of alkyl carbamates (subject to hydrolysis) is 1. The third kappa shape index (κ3) is 10.3. The molecular weight excluding hydrogens is 799 g/mol. The monoisotopic (exact) mass is 865 g/mol. The van der Waals surface area contributed by atoms with E-state index in [9.17, 15) is 19.2 Å². The molecule has 4 fully saturated rings. The Hall–Kier alpha value is -3.99. The zero-order chi connectivity index (χ0) is 45.1. The molecule has 4 saturated heterocycles. The molecule has 15 heteroatoms. The van der Waals surface area contributed by atoms with Crippen LogP contribution in [0.1, 0.15) is 87.1 Å². The molecule has 0 saturated carbocycles. The molecule has 0 aliphatic carbocycles. The van der Waals surface area contributed by atoms with Crippen molar-refractivity contribution in [1.29, 1.82) is 0 Å². The Balaban J connectivity index is 1.39. The van der Waals surface area contributed by atoms with Gasteiger partial charge in [-0.25, -0.2) is 4.79 Å². The Morgan fingerprint density at radius 2 is 1.79 bits per heavy atom. The van der Waals surface area contributed by atoms with Crippen molar-refractivity contribution in [3.05, 3.63) is 48.2 Å². The van der Waals surface area contributed by atoms with Gasteiger partial charge < -0.3 is 48.1 Å². The summed E-state index contributed by atoms with van der Waals surface area (Å²) in [6.07, 6.45) is 0.704. The number of amides is 1. The fourth-order valence-electron chi connectivity index (χ4n) is 10.1. The first-order chi connectivity index (χ1) is 29.3. The van der Waals surface area contributed by atoms with Gasteiger partial charge in [-0.3, -0.25) is 19.4 Å². The number of aromatic nitrogens is 1. The van der Waals surface area contributed by atoms with Gasteiger partial charge >= 0.3 is 18.0 Å². The predicted molar refractivity (Wildman–Crippen MR) is 230 cm³/mol. The first kappa shape index (κ1) is 47.5. The highest BCUT2D eigenvalue weighted by molar-refractivity contribution is 5.85. The van der Waals surface area contributed by atoms with E-state index in [0.29, 0.717) is 12.8 Å². The number of pyridine rings is 1. The summed E-state index contributed by atoms with van der Waals surface area (Å²) in [6, 6.07) is 8.94. The number of para-hydroxylation sites is 1. The van der Waals surface area contributed by atoms with Gasteiger partial charge in [0, 0.05) is 36.3 Å². The van der Waals surface area contributed by atoms with E-state index >= 15 is 0 Å².